The summed E-state index contributed by atoms with van der Waals surface area (Å²) in [5, 5.41) is 0.273. The van der Waals surface area contributed by atoms with Gasteiger partial charge in [-0.2, -0.15) is 0 Å². The molecule has 2 aliphatic rings. The summed E-state index contributed by atoms with van der Waals surface area (Å²) in [6, 6.07) is 4.13. The molecule has 1 aliphatic heterocycles. The van der Waals surface area contributed by atoms with E-state index < -0.39 is 0 Å². The van der Waals surface area contributed by atoms with Crippen molar-refractivity contribution in [2.45, 2.75) is 31.7 Å². The Morgan fingerprint density at radius 1 is 1.50 bits per heavy atom. The van der Waals surface area contributed by atoms with E-state index in [9.17, 15) is 4.39 Å². The SMILES string of the molecule is CCN1CC[C@H]2C[C@@H]1c1ccc(Cl)c(F)c12. The predicted molar refractivity (Wildman–Crippen MR) is 63.4 cm³/mol. The van der Waals surface area contributed by atoms with Gasteiger partial charge in [-0.3, -0.25) is 4.90 Å². The van der Waals surface area contributed by atoms with Gasteiger partial charge in [0.2, 0.25) is 0 Å². The average Bonchev–Trinajstić information content (AvgIpc) is 2.59. The fourth-order valence-corrected chi connectivity index (χ4v) is 3.43. The molecule has 0 spiro atoms. The zero-order valence-electron chi connectivity index (χ0n) is 9.34. The lowest BCUT2D eigenvalue weighted by molar-refractivity contribution is 0.161. The predicted octanol–water partition coefficient (Wildman–Crippen LogP) is 3.73. The van der Waals surface area contributed by atoms with Gasteiger partial charge in [-0.05, 0) is 49.0 Å². The molecule has 0 aromatic heterocycles. The van der Waals surface area contributed by atoms with Gasteiger partial charge in [0, 0.05) is 6.04 Å². The molecule has 1 aromatic rings. The Labute approximate surface area is 100 Å². The van der Waals surface area contributed by atoms with Gasteiger partial charge in [-0.15, -0.1) is 0 Å². The first-order chi connectivity index (χ1) is 7.72. The molecule has 1 aliphatic carbocycles. The van der Waals surface area contributed by atoms with Crippen LogP contribution >= 0.6 is 11.6 Å². The Balaban J connectivity index is 2.12. The van der Waals surface area contributed by atoms with E-state index in [-0.39, 0.29) is 10.8 Å². The highest BCUT2D eigenvalue weighted by atomic mass is 35.5. The van der Waals surface area contributed by atoms with Crippen LogP contribution in [0.3, 0.4) is 0 Å². The monoisotopic (exact) mass is 239 g/mol. The summed E-state index contributed by atoms with van der Waals surface area (Å²) in [5.74, 6) is 0.214. The van der Waals surface area contributed by atoms with Gasteiger partial charge in [0.25, 0.3) is 0 Å². The van der Waals surface area contributed by atoms with Crippen LogP contribution in [0.25, 0.3) is 0 Å². The summed E-state index contributed by atoms with van der Waals surface area (Å²) in [4.78, 5) is 2.44. The summed E-state index contributed by atoms with van der Waals surface area (Å²) in [6.45, 7) is 4.29. The Kier molecular flexibility index (Phi) is 2.45. The van der Waals surface area contributed by atoms with Crippen LogP contribution in [0, 0.1) is 5.82 Å². The van der Waals surface area contributed by atoms with E-state index in [1.807, 2.05) is 6.07 Å². The molecular formula is C13H15ClFN. The van der Waals surface area contributed by atoms with Crippen LogP contribution < -0.4 is 0 Å². The number of hydrogen-bond acceptors (Lipinski definition) is 1. The molecule has 16 heavy (non-hydrogen) atoms. The van der Waals surface area contributed by atoms with Crippen LogP contribution in [0.2, 0.25) is 5.02 Å². The van der Waals surface area contributed by atoms with E-state index in [0.717, 1.165) is 31.5 Å². The van der Waals surface area contributed by atoms with Crippen LogP contribution in [0.1, 0.15) is 42.9 Å². The Hall–Kier alpha value is -0.600. The largest absolute Gasteiger partial charge is 0.297 e. The van der Waals surface area contributed by atoms with Crippen molar-refractivity contribution in [1.29, 1.82) is 0 Å². The first-order valence-electron chi connectivity index (χ1n) is 5.94. The van der Waals surface area contributed by atoms with Gasteiger partial charge < -0.3 is 0 Å². The molecule has 0 unspecified atom stereocenters. The van der Waals surface area contributed by atoms with E-state index >= 15 is 0 Å². The number of halogens is 2. The molecule has 1 saturated heterocycles. The zero-order valence-corrected chi connectivity index (χ0v) is 10.1. The molecule has 3 heteroatoms. The molecule has 2 atom stereocenters. The molecule has 1 aromatic carbocycles. The number of likely N-dealkylation sites (tertiary alicyclic amines) is 1. The summed E-state index contributed by atoms with van der Waals surface area (Å²) in [5.41, 5.74) is 2.07. The number of fused-ring (bicyclic) bond motifs is 5. The molecule has 3 rings (SSSR count). The molecule has 0 radical (unpaired) electrons. The normalized spacial score (nSPS) is 28.2. The first-order valence-corrected chi connectivity index (χ1v) is 6.32. The minimum atomic E-state index is -0.176. The van der Waals surface area contributed by atoms with Crippen molar-refractivity contribution < 1.29 is 4.39 Å². The van der Waals surface area contributed by atoms with Gasteiger partial charge in [0.15, 0.2) is 0 Å². The smallest absolute Gasteiger partial charge is 0.145 e. The van der Waals surface area contributed by atoms with E-state index in [0.29, 0.717) is 12.0 Å². The third kappa shape index (κ3) is 1.33. The minimum Gasteiger partial charge on any atom is -0.297 e. The van der Waals surface area contributed by atoms with Gasteiger partial charge in [0.1, 0.15) is 5.82 Å². The molecule has 86 valence electrons. The van der Waals surface area contributed by atoms with Crippen LogP contribution in [-0.2, 0) is 0 Å². The fourth-order valence-electron chi connectivity index (χ4n) is 3.27. The summed E-state index contributed by atoms with van der Waals surface area (Å²) in [6.07, 6.45) is 2.13. The molecule has 0 saturated carbocycles. The maximum Gasteiger partial charge on any atom is 0.145 e. The summed E-state index contributed by atoms with van der Waals surface area (Å²) in [7, 11) is 0. The topological polar surface area (TPSA) is 3.24 Å². The molecule has 0 N–H and O–H groups in total. The Morgan fingerprint density at radius 3 is 3.06 bits per heavy atom. The van der Waals surface area contributed by atoms with Gasteiger partial charge in [-0.1, -0.05) is 24.6 Å². The highest BCUT2D eigenvalue weighted by Crippen LogP contribution is 2.50. The number of piperidine rings is 1. The zero-order chi connectivity index (χ0) is 11.3. The average molecular weight is 240 g/mol. The molecule has 0 amide bonds. The van der Waals surface area contributed by atoms with Gasteiger partial charge >= 0.3 is 0 Å². The quantitative estimate of drug-likeness (QED) is 0.722. The Morgan fingerprint density at radius 2 is 2.31 bits per heavy atom. The number of rotatable bonds is 1. The van der Waals surface area contributed by atoms with E-state index in [1.54, 1.807) is 6.07 Å². The van der Waals surface area contributed by atoms with Crippen LogP contribution in [-0.4, -0.2) is 18.0 Å². The number of nitrogens with zero attached hydrogens (tertiary/aromatic N) is 1. The number of hydrogen-bond donors (Lipinski definition) is 0. The van der Waals surface area contributed by atoms with Crippen LogP contribution in [0.15, 0.2) is 12.1 Å². The van der Waals surface area contributed by atoms with Crippen molar-refractivity contribution in [2.75, 3.05) is 13.1 Å². The van der Waals surface area contributed by atoms with Crippen molar-refractivity contribution >= 4 is 11.6 Å². The lowest BCUT2D eigenvalue weighted by Gasteiger charge is -2.32. The summed E-state index contributed by atoms with van der Waals surface area (Å²) >= 11 is 5.86. The second-order valence-corrected chi connectivity index (χ2v) is 5.14. The number of benzene rings is 1. The maximum atomic E-state index is 14.0. The molecular weight excluding hydrogens is 225 g/mol. The molecule has 1 heterocycles. The third-order valence-corrected chi connectivity index (χ3v) is 4.35. The van der Waals surface area contributed by atoms with Gasteiger partial charge in [-0.25, -0.2) is 4.39 Å². The van der Waals surface area contributed by atoms with Crippen molar-refractivity contribution in [1.82, 2.24) is 4.90 Å². The lowest BCUT2D eigenvalue weighted by atomic mass is 9.95. The molecule has 2 bridgehead atoms. The van der Waals surface area contributed by atoms with Gasteiger partial charge in [0.05, 0.1) is 5.02 Å². The van der Waals surface area contributed by atoms with Crippen molar-refractivity contribution in [3.63, 3.8) is 0 Å². The second kappa shape index (κ2) is 3.71. The lowest BCUT2D eigenvalue weighted by Crippen LogP contribution is -2.31. The van der Waals surface area contributed by atoms with Crippen molar-refractivity contribution in [3.05, 3.63) is 34.1 Å². The minimum absolute atomic E-state index is 0.176. The maximum absolute atomic E-state index is 14.0. The third-order valence-electron chi connectivity index (χ3n) is 4.05. The highest BCUT2D eigenvalue weighted by Gasteiger charge is 2.40. The summed E-state index contributed by atoms with van der Waals surface area (Å²) < 4.78 is 14.0. The second-order valence-electron chi connectivity index (χ2n) is 4.73. The Bertz CT molecular complexity index is 432. The molecule has 1 nitrogen and oxygen atoms in total. The first kappa shape index (κ1) is 10.5. The van der Waals surface area contributed by atoms with Crippen LogP contribution in [0.4, 0.5) is 4.39 Å². The molecule has 1 fully saturated rings. The van der Waals surface area contributed by atoms with Crippen molar-refractivity contribution in [2.24, 2.45) is 0 Å². The van der Waals surface area contributed by atoms with E-state index in [4.69, 9.17) is 11.6 Å². The highest BCUT2D eigenvalue weighted by molar-refractivity contribution is 6.30. The fraction of sp³-hybridized carbons (Fsp3) is 0.538. The van der Waals surface area contributed by atoms with Crippen LogP contribution in [0.5, 0.6) is 0 Å². The van der Waals surface area contributed by atoms with E-state index in [1.165, 1.54) is 5.56 Å². The standard InChI is InChI=1S/C13H15ClFN/c1-2-16-6-5-8-7-11(16)9-3-4-10(14)13(15)12(8)9/h3-4,8,11H,2,5-7H2,1H3/t8-,11+/m0/s1. The van der Waals surface area contributed by atoms with Crippen molar-refractivity contribution in [3.8, 4) is 0 Å². The van der Waals surface area contributed by atoms with E-state index in [2.05, 4.69) is 11.8 Å².